The Bertz CT molecular complexity index is 1800. The van der Waals surface area contributed by atoms with Crippen LogP contribution in [-0.2, 0) is 9.59 Å². The normalized spacial score (nSPS) is 10.7. The Morgan fingerprint density at radius 3 is 1.11 bits per heavy atom. The number of hydrazone groups is 2. The van der Waals surface area contributed by atoms with Gasteiger partial charge in [-0.3, -0.25) is 9.59 Å². The Morgan fingerprint density at radius 1 is 0.509 bits per heavy atom. The maximum Gasteiger partial charge on any atom is 0.343 e. The van der Waals surface area contributed by atoms with E-state index >= 15 is 0 Å². The lowest BCUT2D eigenvalue weighted by Crippen LogP contribution is -2.27. The molecule has 0 aliphatic carbocycles. The van der Waals surface area contributed by atoms with Gasteiger partial charge in [0.2, 0.25) is 23.3 Å². The molecule has 0 heterocycles. The van der Waals surface area contributed by atoms with Crippen molar-refractivity contribution in [1.29, 1.82) is 0 Å². The molecular weight excluding hydrogens is 692 g/mol. The molecule has 0 aromatic heterocycles. The van der Waals surface area contributed by atoms with Gasteiger partial charge in [-0.1, -0.05) is 0 Å². The number of methoxy groups -OCH3 is 6. The van der Waals surface area contributed by atoms with E-state index in [1.54, 1.807) is 48.5 Å². The van der Waals surface area contributed by atoms with Crippen LogP contribution >= 0.6 is 0 Å². The van der Waals surface area contributed by atoms with Crippen LogP contribution in [0.3, 0.4) is 0 Å². The highest BCUT2D eigenvalue weighted by molar-refractivity contribution is 5.98. The quantitative estimate of drug-likeness (QED) is 0.0552. The highest BCUT2D eigenvalue weighted by atomic mass is 16.6. The maximum atomic E-state index is 12.7. The molecule has 0 radical (unpaired) electrons. The van der Waals surface area contributed by atoms with Gasteiger partial charge >= 0.3 is 11.9 Å². The molecule has 4 aromatic carbocycles. The van der Waals surface area contributed by atoms with Gasteiger partial charge in [0.05, 0.1) is 66.2 Å². The van der Waals surface area contributed by atoms with Gasteiger partial charge in [-0.15, -0.1) is 0 Å². The minimum Gasteiger partial charge on any atom is -0.493 e. The van der Waals surface area contributed by atoms with Crippen LogP contribution in [0, 0.1) is 0 Å². The molecule has 0 atom stereocenters. The fourth-order valence-corrected chi connectivity index (χ4v) is 4.56. The van der Waals surface area contributed by atoms with Gasteiger partial charge in [0.1, 0.15) is 17.9 Å². The number of esters is 2. The molecule has 0 spiro atoms. The zero-order valence-corrected chi connectivity index (χ0v) is 29.6. The molecule has 0 aliphatic rings. The average molecular weight is 729 g/mol. The van der Waals surface area contributed by atoms with Crippen LogP contribution in [0.5, 0.6) is 46.0 Å². The molecule has 53 heavy (non-hydrogen) atoms. The number of nitrogens with zero attached hydrogens (tertiary/aromatic N) is 2. The van der Waals surface area contributed by atoms with E-state index in [1.807, 2.05) is 0 Å². The summed E-state index contributed by atoms with van der Waals surface area (Å²) in [7, 11) is 8.67. The monoisotopic (exact) mass is 728 g/mol. The van der Waals surface area contributed by atoms with Gasteiger partial charge in [0.25, 0.3) is 0 Å². The first-order chi connectivity index (χ1) is 25.6. The molecule has 4 aromatic rings. The second kappa shape index (κ2) is 18.8. The fourth-order valence-electron chi connectivity index (χ4n) is 4.56. The van der Waals surface area contributed by atoms with E-state index in [0.717, 1.165) is 0 Å². The van der Waals surface area contributed by atoms with Crippen LogP contribution in [0.1, 0.15) is 38.3 Å². The first kappa shape index (κ1) is 38.7. The molecule has 0 saturated heterocycles. The summed E-state index contributed by atoms with van der Waals surface area (Å²) in [6.07, 6.45) is 2.16. The Balaban J connectivity index is 1.21. The highest BCUT2D eigenvalue weighted by Gasteiger charge is 2.20. The molecular formula is C37H36N4O12. The third-order valence-electron chi connectivity index (χ3n) is 7.11. The van der Waals surface area contributed by atoms with Crippen molar-refractivity contribution in [2.75, 3.05) is 42.7 Å². The minimum absolute atomic E-state index is 0.187. The highest BCUT2D eigenvalue weighted by Crippen LogP contribution is 2.39. The van der Waals surface area contributed by atoms with Gasteiger partial charge in [-0.25, -0.2) is 20.4 Å². The number of rotatable bonds is 16. The summed E-state index contributed by atoms with van der Waals surface area (Å²) in [6.45, 7) is 0. The number of benzene rings is 4. The zero-order valence-electron chi connectivity index (χ0n) is 29.6. The van der Waals surface area contributed by atoms with Crippen molar-refractivity contribution in [1.82, 2.24) is 10.9 Å². The second-order valence-electron chi connectivity index (χ2n) is 10.5. The van der Waals surface area contributed by atoms with E-state index in [0.29, 0.717) is 45.6 Å². The van der Waals surface area contributed by atoms with Crippen molar-refractivity contribution in [2.45, 2.75) is 6.42 Å². The topological polar surface area (TPSA) is 191 Å². The maximum absolute atomic E-state index is 12.7. The van der Waals surface area contributed by atoms with Crippen molar-refractivity contribution >= 4 is 36.2 Å². The van der Waals surface area contributed by atoms with E-state index in [2.05, 4.69) is 21.1 Å². The summed E-state index contributed by atoms with van der Waals surface area (Å²) in [5.41, 5.74) is 6.05. The first-order valence-electron chi connectivity index (χ1n) is 15.5. The van der Waals surface area contributed by atoms with Gasteiger partial charge < -0.3 is 37.9 Å². The third-order valence-corrected chi connectivity index (χ3v) is 7.11. The predicted molar refractivity (Wildman–Crippen MR) is 191 cm³/mol. The summed E-state index contributed by atoms with van der Waals surface area (Å²) in [5, 5.41) is 7.69. The van der Waals surface area contributed by atoms with Gasteiger partial charge in [-0.05, 0) is 83.9 Å². The minimum atomic E-state index is -0.678. The molecule has 16 nitrogen and oxygen atoms in total. The summed E-state index contributed by atoms with van der Waals surface area (Å²) in [4.78, 5) is 49.8. The Labute approximate surface area is 304 Å². The van der Waals surface area contributed by atoms with E-state index in [9.17, 15) is 19.2 Å². The Morgan fingerprint density at radius 2 is 0.830 bits per heavy atom. The molecule has 2 N–H and O–H groups in total. The molecule has 0 bridgehead atoms. The van der Waals surface area contributed by atoms with Crippen LogP contribution < -0.4 is 48.7 Å². The van der Waals surface area contributed by atoms with Crippen LogP contribution in [0.25, 0.3) is 0 Å². The van der Waals surface area contributed by atoms with E-state index in [4.69, 9.17) is 37.9 Å². The predicted octanol–water partition coefficient (Wildman–Crippen LogP) is 4.17. The van der Waals surface area contributed by atoms with Crippen LogP contribution in [0.15, 0.2) is 83.0 Å². The van der Waals surface area contributed by atoms with Crippen molar-refractivity contribution < 1.29 is 57.1 Å². The lowest BCUT2D eigenvalue weighted by atomic mass is 10.2. The van der Waals surface area contributed by atoms with Gasteiger partial charge in [-0.2, -0.15) is 10.2 Å². The average Bonchev–Trinajstić information content (AvgIpc) is 3.17. The molecule has 16 heteroatoms. The number of ether oxygens (including phenoxy) is 8. The molecule has 0 fully saturated rings. The summed E-state index contributed by atoms with van der Waals surface area (Å²) in [6, 6.07) is 18.5. The number of carbonyl (C=O) groups is 4. The zero-order chi connectivity index (χ0) is 38.3. The number of amides is 2. The van der Waals surface area contributed by atoms with Crippen LogP contribution in [0.2, 0.25) is 0 Å². The number of nitrogens with one attached hydrogen (secondary N) is 2. The molecule has 0 unspecified atom stereocenters. The standard InChI is InChI=1S/C37H36N4O12/c1-46-28-15-24(16-29(47-2)34(28)50-5)36(44)52-26-11-7-22(8-12-26)20-38-40-32(42)19-33(43)41-39-21-23-9-13-27(14-10-23)53-37(45)25-17-30(48-3)35(51-6)31(18-25)49-4/h7-18,20-21H,19H2,1-6H3,(H,40,42)(H,41,43)/b38-20-,39-21-. The Hall–Kier alpha value is -7.10. The molecule has 4 rings (SSSR count). The SMILES string of the molecule is COc1cc(C(=O)Oc2ccc(/C=N\NC(=O)CC(=O)N/N=C\c3ccc(OC(=O)c4cc(OC)c(OC)c(OC)c4)cc3)cc2)cc(OC)c1OC. The molecule has 0 saturated carbocycles. The third kappa shape index (κ3) is 10.5. The van der Waals surface area contributed by atoms with Crippen molar-refractivity contribution in [3.63, 3.8) is 0 Å². The van der Waals surface area contributed by atoms with E-state index < -0.39 is 30.2 Å². The summed E-state index contributed by atoms with van der Waals surface area (Å²) in [5.74, 6) is -0.235. The second-order valence-corrected chi connectivity index (χ2v) is 10.5. The number of hydrogen-bond acceptors (Lipinski definition) is 14. The van der Waals surface area contributed by atoms with Crippen molar-refractivity contribution in [2.24, 2.45) is 10.2 Å². The first-order valence-corrected chi connectivity index (χ1v) is 15.5. The lowest BCUT2D eigenvalue weighted by molar-refractivity contribution is -0.129. The molecule has 2 amide bonds. The molecule has 0 aliphatic heterocycles. The van der Waals surface area contributed by atoms with Crippen molar-refractivity contribution in [3.05, 3.63) is 95.1 Å². The summed E-state index contributed by atoms with van der Waals surface area (Å²) < 4.78 is 42.5. The van der Waals surface area contributed by atoms with Crippen molar-refractivity contribution in [3.8, 4) is 46.0 Å². The van der Waals surface area contributed by atoms with E-state index in [-0.39, 0.29) is 22.6 Å². The number of hydrogen-bond donors (Lipinski definition) is 2. The summed E-state index contributed by atoms with van der Waals surface area (Å²) >= 11 is 0. The van der Waals surface area contributed by atoms with Crippen LogP contribution in [-0.4, -0.2) is 78.8 Å². The van der Waals surface area contributed by atoms with Gasteiger partial charge in [0, 0.05) is 0 Å². The van der Waals surface area contributed by atoms with Gasteiger partial charge in [0.15, 0.2) is 23.0 Å². The lowest BCUT2D eigenvalue weighted by Gasteiger charge is -2.13. The molecule has 276 valence electrons. The Kier molecular flexibility index (Phi) is 13.7. The smallest absolute Gasteiger partial charge is 0.343 e. The van der Waals surface area contributed by atoms with Crippen LogP contribution in [0.4, 0.5) is 0 Å². The fraction of sp³-hybridized carbons (Fsp3) is 0.189. The van der Waals surface area contributed by atoms with E-state index in [1.165, 1.54) is 79.4 Å². The number of carbonyl (C=O) groups excluding carboxylic acids is 4. The largest absolute Gasteiger partial charge is 0.493 e.